The molecule has 0 unspecified atom stereocenters. The predicted octanol–water partition coefficient (Wildman–Crippen LogP) is 6.19. The van der Waals surface area contributed by atoms with E-state index in [2.05, 4.69) is 41.4 Å². The number of benzene rings is 1. The van der Waals surface area contributed by atoms with Gasteiger partial charge < -0.3 is 20.1 Å². The number of nitrogens with one attached hydrogen (secondary N) is 2. The Kier molecular flexibility index (Phi) is 9.00. The summed E-state index contributed by atoms with van der Waals surface area (Å²) in [6, 6.07) is 8.87. The lowest BCUT2D eigenvalue weighted by Crippen LogP contribution is -2.35. The summed E-state index contributed by atoms with van der Waals surface area (Å²) in [5, 5.41) is 10.7. The van der Waals surface area contributed by atoms with Crippen molar-refractivity contribution in [3.8, 4) is 11.3 Å². The SMILES string of the molecule is C[C@@H]1CCC[C@H](NC(=O)OC(C)(C)C)c2cccc(c2)-c2c(cnn2COCC[Si](C)(C)C)NC1=O. The number of aromatic nitrogens is 2. The van der Waals surface area contributed by atoms with Crippen molar-refractivity contribution in [1.82, 2.24) is 15.1 Å². The Labute approximate surface area is 216 Å². The fourth-order valence-electron chi connectivity index (χ4n) is 4.10. The van der Waals surface area contributed by atoms with Crippen molar-refractivity contribution in [2.45, 2.75) is 91.0 Å². The zero-order valence-corrected chi connectivity index (χ0v) is 23.8. The average Bonchev–Trinajstić information content (AvgIpc) is 3.15. The Morgan fingerprint density at radius 2 is 2.00 bits per heavy atom. The van der Waals surface area contributed by atoms with Crippen LogP contribution in [-0.4, -0.2) is 42.1 Å². The highest BCUT2D eigenvalue weighted by molar-refractivity contribution is 6.76. The zero-order chi connectivity index (χ0) is 26.5. The van der Waals surface area contributed by atoms with Gasteiger partial charge in [0.2, 0.25) is 5.91 Å². The highest BCUT2D eigenvalue weighted by Crippen LogP contribution is 2.33. The summed E-state index contributed by atoms with van der Waals surface area (Å²) >= 11 is 0. The number of carbonyl (C=O) groups excluding carboxylic acids is 2. The third kappa shape index (κ3) is 8.20. The minimum Gasteiger partial charge on any atom is -0.444 e. The summed E-state index contributed by atoms with van der Waals surface area (Å²) in [6.45, 7) is 15.4. The van der Waals surface area contributed by atoms with Crippen molar-refractivity contribution >= 4 is 25.8 Å². The van der Waals surface area contributed by atoms with Gasteiger partial charge in [0.05, 0.1) is 23.6 Å². The Balaban J connectivity index is 1.94. The number of carbonyl (C=O) groups is 2. The molecule has 0 spiro atoms. The van der Waals surface area contributed by atoms with Crippen molar-refractivity contribution in [3.05, 3.63) is 36.0 Å². The van der Waals surface area contributed by atoms with E-state index in [1.54, 1.807) is 10.9 Å². The number of rotatable bonds is 6. The summed E-state index contributed by atoms with van der Waals surface area (Å²) in [5.41, 5.74) is 2.76. The van der Waals surface area contributed by atoms with E-state index in [1.807, 2.05) is 45.9 Å². The molecule has 2 bridgehead atoms. The van der Waals surface area contributed by atoms with E-state index in [-0.39, 0.29) is 17.9 Å². The normalized spacial score (nSPS) is 18.9. The fourth-order valence-corrected chi connectivity index (χ4v) is 4.86. The maximum atomic E-state index is 12.9. The van der Waals surface area contributed by atoms with Crippen LogP contribution in [0.5, 0.6) is 0 Å². The third-order valence-corrected chi connectivity index (χ3v) is 7.84. The van der Waals surface area contributed by atoms with E-state index < -0.39 is 19.8 Å². The summed E-state index contributed by atoms with van der Waals surface area (Å²) in [7, 11) is -1.21. The van der Waals surface area contributed by atoms with E-state index in [0.29, 0.717) is 31.9 Å². The molecule has 36 heavy (non-hydrogen) atoms. The van der Waals surface area contributed by atoms with Gasteiger partial charge in [0.1, 0.15) is 12.3 Å². The standard InChI is InChI=1S/C27H42N4O4Si/c1-19-10-8-13-22(30-26(33)35-27(2,3)4)20-11-9-12-21(16-20)24-23(29-25(19)32)17-28-31(24)18-34-14-15-36(5,6)7/h9,11-12,16-17,19,22H,8,10,13-15,18H2,1-7H3,(H,29,32)(H,30,33)/t19-,22+/m1/s1. The summed E-state index contributed by atoms with van der Waals surface area (Å²) in [5.74, 6) is -0.210. The first-order valence-corrected chi connectivity index (χ1v) is 16.6. The second kappa shape index (κ2) is 11.6. The molecule has 8 nitrogen and oxygen atoms in total. The van der Waals surface area contributed by atoms with E-state index in [0.717, 1.165) is 29.3 Å². The molecule has 0 radical (unpaired) electrons. The molecule has 198 valence electrons. The minimum atomic E-state index is -1.21. The molecule has 1 aromatic heterocycles. The van der Waals surface area contributed by atoms with E-state index in [1.165, 1.54) is 0 Å². The predicted molar refractivity (Wildman–Crippen MR) is 146 cm³/mol. The number of anilines is 1. The molecule has 1 aliphatic heterocycles. The zero-order valence-electron chi connectivity index (χ0n) is 22.8. The summed E-state index contributed by atoms with van der Waals surface area (Å²) in [6.07, 6.45) is 3.44. The Morgan fingerprint density at radius 3 is 2.69 bits per heavy atom. The molecule has 2 amide bonds. The molecule has 0 saturated carbocycles. The average molecular weight is 515 g/mol. The first-order chi connectivity index (χ1) is 16.8. The second-order valence-corrected chi connectivity index (χ2v) is 17.5. The Morgan fingerprint density at radius 1 is 1.25 bits per heavy atom. The topological polar surface area (TPSA) is 94.5 Å². The molecule has 3 rings (SSSR count). The lowest BCUT2D eigenvalue weighted by molar-refractivity contribution is -0.119. The number of hydrogen-bond donors (Lipinski definition) is 2. The molecule has 2 atom stereocenters. The van der Waals surface area contributed by atoms with Crippen LogP contribution in [0.2, 0.25) is 25.7 Å². The lowest BCUT2D eigenvalue weighted by atomic mass is 9.94. The quantitative estimate of drug-likeness (QED) is 0.354. The van der Waals surface area contributed by atoms with Gasteiger partial charge in [-0.1, -0.05) is 51.2 Å². The molecule has 2 N–H and O–H groups in total. The number of amides is 2. The van der Waals surface area contributed by atoms with Crippen LogP contribution in [0.25, 0.3) is 11.3 Å². The van der Waals surface area contributed by atoms with Crippen LogP contribution >= 0.6 is 0 Å². The van der Waals surface area contributed by atoms with Crippen LogP contribution in [0.3, 0.4) is 0 Å². The van der Waals surface area contributed by atoms with Crippen LogP contribution in [0.4, 0.5) is 10.5 Å². The van der Waals surface area contributed by atoms with Gasteiger partial charge in [-0.3, -0.25) is 4.79 Å². The van der Waals surface area contributed by atoms with Crippen molar-refractivity contribution in [2.24, 2.45) is 5.92 Å². The first-order valence-electron chi connectivity index (χ1n) is 12.9. The highest BCUT2D eigenvalue weighted by atomic mass is 28.3. The van der Waals surface area contributed by atoms with Gasteiger partial charge in [-0.2, -0.15) is 5.10 Å². The van der Waals surface area contributed by atoms with Gasteiger partial charge in [0.15, 0.2) is 0 Å². The number of fused-ring (bicyclic) bond motifs is 4. The number of hydrogen-bond acceptors (Lipinski definition) is 5. The first kappa shape index (κ1) is 27.9. The van der Waals surface area contributed by atoms with Crippen LogP contribution in [0.15, 0.2) is 30.5 Å². The molecule has 9 heteroatoms. The van der Waals surface area contributed by atoms with Gasteiger partial charge in [0.25, 0.3) is 0 Å². The van der Waals surface area contributed by atoms with E-state index >= 15 is 0 Å². The van der Waals surface area contributed by atoms with Crippen molar-refractivity contribution in [2.75, 3.05) is 11.9 Å². The molecule has 1 aromatic carbocycles. The van der Waals surface area contributed by atoms with Crippen LogP contribution in [0, 0.1) is 5.92 Å². The molecule has 1 aliphatic rings. The summed E-state index contributed by atoms with van der Waals surface area (Å²) < 4.78 is 13.3. The summed E-state index contributed by atoms with van der Waals surface area (Å²) in [4.78, 5) is 25.6. The monoisotopic (exact) mass is 514 g/mol. The molecule has 0 aliphatic carbocycles. The largest absolute Gasteiger partial charge is 0.444 e. The molecule has 2 heterocycles. The molecule has 2 aromatic rings. The Bertz CT molecular complexity index is 1050. The van der Waals surface area contributed by atoms with E-state index in [4.69, 9.17) is 9.47 Å². The van der Waals surface area contributed by atoms with Gasteiger partial charge >= 0.3 is 6.09 Å². The molecular formula is C27H42N4O4Si. The van der Waals surface area contributed by atoms with Crippen LogP contribution in [0.1, 0.15) is 58.6 Å². The maximum absolute atomic E-state index is 12.9. The maximum Gasteiger partial charge on any atom is 0.408 e. The Hall–Kier alpha value is -2.65. The second-order valence-electron chi connectivity index (χ2n) is 11.9. The van der Waals surface area contributed by atoms with Crippen LogP contribution < -0.4 is 10.6 Å². The van der Waals surface area contributed by atoms with Gasteiger partial charge in [-0.25, -0.2) is 9.48 Å². The molecule has 0 fully saturated rings. The van der Waals surface area contributed by atoms with Gasteiger partial charge in [-0.15, -0.1) is 0 Å². The van der Waals surface area contributed by atoms with Crippen LogP contribution in [-0.2, 0) is 21.0 Å². The van der Waals surface area contributed by atoms with Crippen molar-refractivity contribution in [1.29, 1.82) is 0 Å². The van der Waals surface area contributed by atoms with Crippen molar-refractivity contribution < 1.29 is 19.1 Å². The highest BCUT2D eigenvalue weighted by Gasteiger charge is 2.25. The number of alkyl carbamates (subject to hydrolysis) is 1. The number of ether oxygens (including phenoxy) is 2. The fraction of sp³-hybridized carbons (Fsp3) is 0.593. The van der Waals surface area contributed by atoms with Crippen molar-refractivity contribution in [3.63, 3.8) is 0 Å². The van der Waals surface area contributed by atoms with Gasteiger partial charge in [0, 0.05) is 26.2 Å². The molecule has 0 saturated heterocycles. The van der Waals surface area contributed by atoms with E-state index in [9.17, 15) is 9.59 Å². The number of nitrogens with zero attached hydrogens (tertiary/aromatic N) is 2. The smallest absolute Gasteiger partial charge is 0.408 e. The molecular weight excluding hydrogens is 472 g/mol. The lowest BCUT2D eigenvalue weighted by Gasteiger charge is -2.25. The van der Waals surface area contributed by atoms with Gasteiger partial charge in [-0.05, 0) is 51.3 Å². The minimum absolute atomic E-state index is 0.0381. The third-order valence-electron chi connectivity index (χ3n) is 6.14.